The van der Waals surface area contributed by atoms with Crippen molar-refractivity contribution in [3.05, 3.63) is 65.9 Å². The van der Waals surface area contributed by atoms with Crippen molar-refractivity contribution in [3.8, 4) is 17.2 Å². The molecule has 0 radical (unpaired) electrons. The standard InChI is InChI=1S/C21H18N2O5/c1-13-9-18(14(2)27-13)21-23-22-19(28-21)11-26-20(24)12-25-17-8-7-15-5-3-4-6-16(15)10-17/h3-10H,11-12H2,1-2H3. The van der Waals surface area contributed by atoms with E-state index in [1.54, 1.807) is 0 Å². The van der Waals surface area contributed by atoms with Gasteiger partial charge in [0.15, 0.2) is 13.2 Å². The van der Waals surface area contributed by atoms with Crippen LogP contribution in [0.1, 0.15) is 17.4 Å². The van der Waals surface area contributed by atoms with Crippen molar-refractivity contribution in [1.82, 2.24) is 10.2 Å². The Bertz CT molecular complexity index is 1130. The predicted octanol–water partition coefficient (Wildman–Crippen LogP) is 4.22. The van der Waals surface area contributed by atoms with Crippen molar-refractivity contribution in [2.45, 2.75) is 20.5 Å². The topological polar surface area (TPSA) is 87.6 Å². The Hall–Kier alpha value is -3.61. The van der Waals surface area contributed by atoms with Gasteiger partial charge in [-0.25, -0.2) is 4.79 Å². The fourth-order valence-electron chi connectivity index (χ4n) is 2.85. The molecule has 2 aromatic carbocycles. The van der Waals surface area contributed by atoms with E-state index in [0.29, 0.717) is 17.4 Å². The molecule has 0 bridgehead atoms. The number of furan rings is 1. The fraction of sp³-hybridized carbons (Fsp3) is 0.190. The predicted molar refractivity (Wildman–Crippen MR) is 101 cm³/mol. The van der Waals surface area contributed by atoms with E-state index in [1.807, 2.05) is 62.4 Å². The monoisotopic (exact) mass is 378 g/mol. The van der Waals surface area contributed by atoms with Crippen LogP contribution in [0, 0.1) is 13.8 Å². The van der Waals surface area contributed by atoms with Crippen LogP contribution in [0.5, 0.6) is 5.75 Å². The van der Waals surface area contributed by atoms with Gasteiger partial charge < -0.3 is 18.3 Å². The summed E-state index contributed by atoms with van der Waals surface area (Å²) in [7, 11) is 0. The molecule has 0 saturated heterocycles. The zero-order chi connectivity index (χ0) is 19.5. The van der Waals surface area contributed by atoms with Gasteiger partial charge in [0.25, 0.3) is 11.8 Å². The molecule has 0 atom stereocenters. The maximum atomic E-state index is 11.9. The lowest BCUT2D eigenvalue weighted by atomic mass is 10.1. The first-order valence-electron chi connectivity index (χ1n) is 8.75. The number of rotatable bonds is 6. The van der Waals surface area contributed by atoms with Gasteiger partial charge in [0.05, 0.1) is 5.56 Å². The Kier molecular flexibility index (Phi) is 4.80. The average Bonchev–Trinajstić information content (AvgIpc) is 3.30. The zero-order valence-electron chi connectivity index (χ0n) is 15.5. The van der Waals surface area contributed by atoms with E-state index in [2.05, 4.69) is 10.2 Å². The lowest BCUT2D eigenvalue weighted by molar-refractivity contribution is -0.148. The molecule has 2 heterocycles. The first kappa shape index (κ1) is 17.8. The van der Waals surface area contributed by atoms with Crippen molar-refractivity contribution >= 4 is 16.7 Å². The summed E-state index contributed by atoms with van der Waals surface area (Å²) < 4.78 is 21.6. The number of carbonyl (C=O) groups is 1. The van der Waals surface area contributed by atoms with E-state index in [0.717, 1.165) is 22.1 Å². The highest BCUT2D eigenvalue weighted by Crippen LogP contribution is 2.25. The van der Waals surface area contributed by atoms with Gasteiger partial charge in [-0.2, -0.15) is 0 Å². The van der Waals surface area contributed by atoms with Gasteiger partial charge in [-0.05, 0) is 42.8 Å². The first-order valence-corrected chi connectivity index (χ1v) is 8.75. The van der Waals surface area contributed by atoms with Crippen LogP contribution in [0.3, 0.4) is 0 Å². The van der Waals surface area contributed by atoms with Crippen LogP contribution in [0.25, 0.3) is 22.2 Å². The molecule has 0 aliphatic rings. The number of aryl methyl sites for hydroxylation is 2. The van der Waals surface area contributed by atoms with Crippen LogP contribution in [0.2, 0.25) is 0 Å². The van der Waals surface area contributed by atoms with E-state index in [-0.39, 0.29) is 19.1 Å². The summed E-state index contributed by atoms with van der Waals surface area (Å²) in [6.45, 7) is 3.32. The number of benzene rings is 2. The summed E-state index contributed by atoms with van der Waals surface area (Å²) >= 11 is 0. The molecule has 7 heteroatoms. The highest BCUT2D eigenvalue weighted by molar-refractivity contribution is 5.83. The highest BCUT2D eigenvalue weighted by Gasteiger charge is 2.15. The van der Waals surface area contributed by atoms with Crippen molar-refractivity contribution in [1.29, 1.82) is 0 Å². The Morgan fingerprint density at radius 1 is 1.00 bits per heavy atom. The quantitative estimate of drug-likeness (QED) is 0.464. The van der Waals surface area contributed by atoms with E-state index < -0.39 is 5.97 Å². The molecular weight excluding hydrogens is 360 g/mol. The van der Waals surface area contributed by atoms with Gasteiger partial charge in [0, 0.05) is 0 Å². The van der Waals surface area contributed by atoms with Gasteiger partial charge >= 0.3 is 5.97 Å². The Balaban J connectivity index is 1.31. The van der Waals surface area contributed by atoms with Crippen LogP contribution >= 0.6 is 0 Å². The summed E-state index contributed by atoms with van der Waals surface area (Å²) in [4.78, 5) is 11.9. The van der Waals surface area contributed by atoms with E-state index in [4.69, 9.17) is 18.3 Å². The highest BCUT2D eigenvalue weighted by atomic mass is 16.6. The Morgan fingerprint density at radius 2 is 1.82 bits per heavy atom. The number of aromatic nitrogens is 2. The molecule has 0 saturated carbocycles. The Morgan fingerprint density at radius 3 is 2.61 bits per heavy atom. The first-order chi connectivity index (χ1) is 13.6. The third-order valence-corrected chi connectivity index (χ3v) is 4.17. The lowest BCUT2D eigenvalue weighted by Gasteiger charge is -2.07. The number of nitrogens with zero attached hydrogens (tertiary/aromatic N) is 2. The molecule has 0 aliphatic heterocycles. The van der Waals surface area contributed by atoms with Crippen molar-refractivity contribution < 1.29 is 23.1 Å². The minimum atomic E-state index is -0.525. The van der Waals surface area contributed by atoms with Crippen molar-refractivity contribution in [2.24, 2.45) is 0 Å². The van der Waals surface area contributed by atoms with E-state index in [9.17, 15) is 4.79 Å². The van der Waals surface area contributed by atoms with Crippen LogP contribution in [0.4, 0.5) is 0 Å². The third kappa shape index (κ3) is 3.88. The summed E-state index contributed by atoms with van der Waals surface area (Å²) in [5, 5.41) is 10.00. The molecule has 4 rings (SSSR count). The molecule has 28 heavy (non-hydrogen) atoms. The van der Waals surface area contributed by atoms with Crippen LogP contribution in [0.15, 0.2) is 57.4 Å². The second-order valence-corrected chi connectivity index (χ2v) is 6.29. The number of ether oxygens (including phenoxy) is 2. The number of hydrogen-bond donors (Lipinski definition) is 0. The molecule has 4 aromatic rings. The van der Waals surface area contributed by atoms with Crippen molar-refractivity contribution in [3.63, 3.8) is 0 Å². The third-order valence-electron chi connectivity index (χ3n) is 4.17. The van der Waals surface area contributed by atoms with Crippen LogP contribution in [-0.4, -0.2) is 22.8 Å². The molecular formula is C21H18N2O5. The molecule has 2 aromatic heterocycles. The number of esters is 1. The fourth-order valence-corrected chi connectivity index (χ4v) is 2.85. The molecule has 0 aliphatic carbocycles. The average molecular weight is 378 g/mol. The summed E-state index contributed by atoms with van der Waals surface area (Å²) in [6, 6.07) is 15.4. The molecule has 0 unspecified atom stereocenters. The molecule has 142 valence electrons. The van der Waals surface area contributed by atoms with Crippen LogP contribution < -0.4 is 4.74 Å². The van der Waals surface area contributed by atoms with E-state index in [1.165, 1.54) is 0 Å². The van der Waals surface area contributed by atoms with Gasteiger partial charge in [-0.1, -0.05) is 30.3 Å². The molecule has 0 spiro atoms. The molecule has 0 amide bonds. The zero-order valence-corrected chi connectivity index (χ0v) is 15.5. The molecule has 0 N–H and O–H groups in total. The molecule has 0 fully saturated rings. The van der Waals surface area contributed by atoms with Crippen molar-refractivity contribution in [2.75, 3.05) is 6.61 Å². The number of hydrogen-bond acceptors (Lipinski definition) is 7. The van der Waals surface area contributed by atoms with Gasteiger partial charge in [-0.15, -0.1) is 10.2 Å². The summed E-state index contributed by atoms with van der Waals surface area (Å²) in [5.74, 6) is 2.04. The number of fused-ring (bicyclic) bond motifs is 1. The maximum Gasteiger partial charge on any atom is 0.344 e. The number of carbonyl (C=O) groups excluding carboxylic acids is 1. The lowest BCUT2D eigenvalue weighted by Crippen LogP contribution is -2.14. The normalized spacial score (nSPS) is 10.9. The summed E-state index contributed by atoms with van der Waals surface area (Å²) in [6.07, 6.45) is 0. The summed E-state index contributed by atoms with van der Waals surface area (Å²) in [5.41, 5.74) is 0.724. The van der Waals surface area contributed by atoms with Gasteiger partial charge in [0.2, 0.25) is 0 Å². The Labute approximate surface area is 160 Å². The minimum Gasteiger partial charge on any atom is -0.482 e. The molecule has 7 nitrogen and oxygen atoms in total. The SMILES string of the molecule is Cc1cc(-c2nnc(COC(=O)COc3ccc4ccccc4c3)o2)c(C)o1. The largest absolute Gasteiger partial charge is 0.482 e. The van der Waals surface area contributed by atoms with Gasteiger partial charge in [0.1, 0.15) is 17.3 Å². The smallest absolute Gasteiger partial charge is 0.344 e. The second-order valence-electron chi connectivity index (χ2n) is 6.29. The minimum absolute atomic E-state index is 0.122. The van der Waals surface area contributed by atoms with E-state index >= 15 is 0 Å². The van der Waals surface area contributed by atoms with Gasteiger partial charge in [-0.3, -0.25) is 0 Å². The second kappa shape index (κ2) is 7.56. The van der Waals surface area contributed by atoms with Crippen LogP contribution in [-0.2, 0) is 16.1 Å². The maximum absolute atomic E-state index is 11.9.